The molecule has 0 saturated carbocycles. The highest BCUT2D eigenvalue weighted by atomic mass is 16.5. The predicted molar refractivity (Wildman–Crippen MR) is 72.8 cm³/mol. The lowest BCUT2D eigenvalue weighted by atomic mass is 10.0. The molecule has 0 saturated heterocycles. The van der Waals surface area contributed by atoms with Crippen LogP contribution < -0.4 is 15.6 Å². The van der Waals surface area contributed by atoms with Crippen LogP contribution in [-0.4, -0.2) is 5.97 Å². The first-order valence-electron chi connectivity index (χ1n) is 6.51. The van der Waals surface area contributed by atoms with Gasteiger partial charge in [-0.3, -0.25) is 0 Å². The molecule has 0 aliphatic heterocycles. The van der Waals surface area contributed by atoms with Gasteiger partial charge in [0, 0.05) is 18.0 Å². The molecule has 0 radical (unpaired) electrons. The second-order valence-corrected chi connectivity index (χ2v) is 4.59. The Morgan fingerprint density at radius 3 is 2.25 bits per heavy atom. The van der Waals surface area contributed by atoms with Crippen LogP contribution in [0.3, 0.4) is 0 Å². The van der Waals surface area contributed by atoms with Crippen LogP contribution in [0.25, 0.3) is 0 Å². The summed E-state index contributed by atoms with van der Waals surface area (Å²) in [5.74, 6) is 0.484. The fourth-order valence-corrected chi connectivity index (χ4v) is 1.89. The van der Waals surface area contributed by atoms with E-state index in [4.69, 9.17) is 4.74 Å². The van der Waals surface area contributed by atoms with Gasteiger partial charge in [0.25, 0.3) is 0 Å². The van der Waals surface area contributed by atoms with E-state index in [1.54, 1.807) is 0 Å². The normalized spacial score (nSPS) is 11.8. The van der Waals surface area contributed by atoms with Gasteiger partial charge in [-0.1, -0.05) is 18.2 Å². The van der Waals surface area contributed by atoms with Crippen LogP contribution in [0.5, 0.6) is 11.5 Å². The van der Waals surface area contributed by atoms with Crippen molar-refractivity contribution in [2.75, 3.05) is 0 Å². The lowest BCUT2D eigenvalue weighted by molar-refractivity contribution is -0.428. The van der Waals surface area contributed by atoms with Crippen LogP contribution >= 0.6 is 0 Å². The second kappa shape index (κ2) is 6.73. The molecule has 4 nitrogen and oxygen atoms in total. The highest BCUT2D eigenvalue weighted by Gasteiger charge is 2.09. The number of para-hydroxylation sites is 1. The molecular weight excluding hydrogens is 254 g/mol. The standard InChI is InChI=1S/C16H17NO3/c17-15(10-11-16(18)19)12-6-8-14(9-7-12)20-13-4-2-1-3-5-13/h1-9,15H,10-11,17H2,(H,18,19)/t15-/m1/s1. The van der Waals surface area contributed by atoms with E-state index < -0.39 is 5.97 Å². The number of hydrogen-bond donors (Lipinski definition) is 1. The number of carbonyl (C=O) groups excluding carboxylic acids is 1. The Bertz CT molecular complexity index is 552. The van der Waals surface area contributed by atoms with Crippen molar-refractivity contribution in [2.45, 2.75) is 18.9 Å². The Morgan fingerprint density at radius 1 is 1.05 bits per heavy atom. The molecular formula is C16H17NO3. The Kier molecular flexibility index (Phi) is 4.74. The number of carboxylic acids is 1. The highest BCUT2D eigenvalue weighted by Crippen LogP contribution is 2.23. The van der Waals surface area contributed by atoms with Gasteiger partial charge >= 0.3 is 0 Å². The molecule has 104 valence electrons. The Balaban J connectivity index is 1.97. The minimum absolute atomic E-state index is 0.0242. The van der Waals surface area contributed by atoms with E-state index in [1.165, 1.54) is 0 Å². The molecule has 0 amide bonds. The fraction of sp³-hybridized carbons (Fsp3) is 0.188. The number of aliphatic carboxylic acids is 1. The number of ether oxygens (including phenoxy) is 1. The third-order valence-corrected chi connectivity index (χ3v) is 3.03. The van der Waals surface area contributed by atoms with E-state index in [2.05, 4.69) is 5.73 Å². The van der Waals surface area contributed by atoms with E-state index in [0.717, 1.165) is 17.1 Å². The summed E-state index contributed by atoms with van der Waals surface area (Å²) in [5, 5.41) is 10.4. The average Bonchev–Trinajstić information content (AvgIpc) is 2.46. The summed E-state index contributed by atoms with van der Waals surface area (Å²) in [7, 11) is 0. The van der Waals surface area contributed by atoms with Crippen molar-refractivity contribution in [3.05, 3.63) is 60.2 Å². The molecule has 3 N–H and O–H groups in total. The van der Waals surface area contributed by atoms with Crippen molar-refractivity contribution in [1.29, 1.82) is 0 Å². The monoisotopic (exact) mass is 271 g/mol. The van der Waals surface area contributed by atoms with Gasteiger partial charge in [0.1, 0.15) is 17.5 Å². The van der Waals surface area contributed by atoms with Crippen molar-refractivity contribution < 1.29 is 20.4 Å². The molecule has 0 unspecified atom stereocenters. The molecule has 2 rings (SSSR count). The minimum Gasteiger partial charge on any atom is -0.550 e. The number of rotatable bonds is 6. The quantitative estimate of drug-likeness (QED) is 0.860. The fourth-order valence-electron chi connectivity index (χ4n) is 1.89. The molecule has 2 aromatic carbocycles. The van der Waals surface area contributed by atoms with Crippen LogP contribution in [0.15, 0.2) is 54.6 Å². The predicted octanol–water partition coefficient (Wildman–Crippen LogP) is 1.29. The second-order valence-electron chi connectivity index (χ2n) is 4.59. The molecule has 1 atom stereocenters. The van der Waals surface area contributed by atoms with Gasteiger partial charge in [0.15, 0.2) is 0 Å². The molecule has 4 heteroatoms. The maximum atomic E-state index is 10.4. The van der Waals surface area contributed by atoms with Crippen molar-refractivity contribution in [3.63, 3.8) is 0 Å². The van der Waals surface area contributed by atoms with Crippen molar-refractivity contribution in [1.82, 2.24) is 0 Å². The van der Waals surface area contributed by atoms with E-state index >= 15 is 0 Å². The molecule has 0 aromatic heterocycles. The van der Waals surface area contributed by atoms with Gasteiger partial charge in [-0.2, -0.15) is 0 Å². The van der Waals surface area contributed by atoms with Gasteiger partial charge in [-0.25, -0.2) is 0 Å². The maximum Gasteiger partial charge on any atom is 0.127 e. The average molecular weight is 271 g/mol. The smallest absolute Gasteiger partial charge is 0.127 e. The van der Waals surface area contributed by atoms with Crippen molar-refractivity contribution in [2.24, 2.45) is 0 Å². The first-order chi connectivity index (χ1) is 9.65. The van der Waals surface area contributed by atoms with Crippen molar-refractivity contribution in [3.8, 4) is 11.5 Å². The van der Waals surface area contributed by atoms with Crippen LogP contribution in [0.1, 0.15) is 24.4 Å². The van der Waals surface area contributed by atoms with E-state index in [1.807, 2.05) is 54.6 Å². The largest absolute Gasteiger partial charge is 0.550 e. The zero-order valence-corrected chi connectivity index (χ0v) is 11.1. The van der Waals surface area contributed by atoms with E-state index in [9.17, 15) is 9.90 Å². The van der Waals surface area contributed by atoms with Gasteiger partial charge in [-0.15, -0.1) is 0 Å². The van der Waals surface area contributed by atoms with Crippen molar-refractivity contribution >= 4 is 5.97 Å². The number of quaternary nitrogens is 1. The number of hydrogen-bond acceptors (Lipinski definition) is 3. The molecule has 0 aliphatic carbocycles. The third kappa shape index (κ3) is 4.10. The third-order valence-electron chi connectivity index (χ3n) is 3.03. The van der Waals surface area contributed by atoms with Gasteiger partial charge in [-0.05, 0) is 42.8 Å². The molecule has 0 bridgehead atoms. The summed E-state index contributed by atoms with van der Waals surface area (Å²) in [6.07, 6.45) is 0.498. The van der Waals surface area contributed by atoms with Crippen LogP contribution in [-0.2, 0) is 4.79 Å². The summed E-state index contributed by atoms with van der Waals surface area (Å²) in [6.45, 7) is 0. The summed E-state index contributed by atoms with van der Waals surface area (Å²) in [6, 6.07) is 17.0. The Labute approximate surface area is 117 Å². The highest BCUT2D eigenvalue weighted by molar-refractivity contribution is 5.64. The zero-order chi connectivity index (χ0) is 14.4. The summed E-state index contributed by atoms with van der Waals surface area (Å²) in [4.78, 5) is 10.4. The van der Waals surface area contributed by atoms with Crippen LogP contribution in [0, 0.1) is 0 Å². The molecule has 0 heterocycles. The summed E-state index contributed by atoms with van der Waals surface area (Å²) in [5.41, 5.74) is 4.95. The first kappa shape index (κ1) is 14.1. The molecule has 0 aliphatic rings. The summed E-state index contributed by atoms with van der Waals surface area (Å²) >= 11 is 0. The zero-order valence-electron chi connectivity index (χ0n) is 11.1. The summed E-state index contributed by atoms with van der Waals surface area (Å²) < 4.78 is 5.69. The molecule has 20 heavy (non-hydrogen) atoms. The van der Waals surface area contributed by atoms with Crippen LogP contribution in [0.4, 0.5) is 0 Å². The number of benzene rings is 2. The first-order valence-corrected chi connectivity index (χ1v) is 6.51. The van der Waals surface area contributed by atoms with E-state index in [-0.39, 0.29) is 12.5 Å². The lowest BCUT2D eigenvalue weighted by Crippen LogP contribution is -2.53. The van der Waals surface area contributed by atoms with Crippen LogP contribution in [0.2, 0.25) is 0 Å². The maximum absolute atomic E-state index is 10.4. The Morgan fingerprint density at radius 2 is 1.65 bits per heavy atom. The van der Waals surface area contributed by atoms with Gasteiger partial charge in [0.2, 0.25) is 0 Å². The topological polar surface area (TPSA) is 77.0 Å². The molecule has 0 spiro atoms. The SMILES string of the molecule is [NH3+][C@H](CCC(=O)[O-])c1ccc(Oc2ccccc2)cc1. The number of carboxylic acid groups (broad SMARTS) is 1. The molecule has 0 fully saturated rings. The van der Waals surface area contributed by atoms with Gasteiger partial charge < -0.3 is 20.4 Å². The van der Waals surface area contributed by atoms with E-state index in [0.29, 0.717) is 6.42 Å². The van der Waals surface area contributed by atoms with Gasteiger partial charge in [0.05, 0.1) is 0 Å². The lowest BCUT2D eigenvalue weighted by Gasteiger charge is -2.10. The Hall–Kier alpha value is -2.33. The number of carbonyl (C=O) groups is 1. The molecule has 2 aromatic rings. The minimum atomic E-state index is -1.04.